The van der Waals surface area contributed by atoms with Gasteiger partial charge in [0.1, 0.15) is 6.10 Å². The van der Waals surface area contributed by atoms with E-state index in [9.17, 15) is 0 Å². The second-order valence-electron chi connectivity index (χ2n) is 5.32. The number of rotatable bonds is 3. The van der Waals surface area contributed by atoms with Gasteiger partial charge in [0.25, 0.3) is 0 Å². The highest BCUT2D eigenvalue weighted by atomic mass is 16.5. The van der Waals surface area contributed by atoms with Crippen molar-refractivity contribution in [1.82, 2.24) is 4.98 Å². The molecule has 0 amide bonds. The van der Waals surface area contributed by atoms with Crippen LogP contribution < -0.4 is 10.5 Å². The number of hydrogen-bond donors (Lipinski definition) is 2. The predicted octanol–water partition coefficient (Wildman–Crippen LogP) is 2.44. The quantitative estimate of drug-likeness (QED) is 0.380. The fourth-order valence-corrected chi connectivity index (χ4v) is 2.42. The van der Waals surface area contributed by atoms with E-state index in [1.807, 2.05) is 6.92 Å². The van der Waals surface area contributed by atoms with Crippen molar-refractivity contribution in [2.45, 2.75) is 45.6 Å². The van der Waals surface area contributed by atoms with Gasteiger partial charge in [0.2, 0.25) is 5.88 Å². The first-order valence-corrected chi connectivity index (χ1v) is 6.71. The molecule has 1 aromatic rings. The number of ether oxygens (including phenoxy) is 1. The van der Waals surface area contributed by atoms with Gasteiger partial charge in [0.05, 0.1) is 0 Å². The largest absolute Gasteiger partial charge is 0.474 e. The molecule has 0 bridgehead atoms. The highest BCUT2D eigenvalue weighted by Gasteiger charge is 2.20. The monoisotopic (exact) mass is 263 g/mol. The molecule has 1 aliphatic carbocycles. The third-order valence-corrected chi connectivity index (χ3v) is 3.58. The highest BCUT2D eigenvalue weighted by molar-refractivity contribution is 5.97. The Hall–Kier alpha value is -1.78. The summed E-state index contributed by atoms with van der Waals surface area (Å²) in [7, 11) is 0. The molecule has 19 heavy (non-hydrogen) atoms. The minimum atomic E-state index is 0.0765. The summed E-state index contributed by atoms with van der Waals surface area (Å²) in [5.74, 6) is 1.42. The van der Waals surface area contributed by atoms with Gasteiger partial charge in [0.15, 0.2) is 5.84 Å². The van der Waals surface area contributed by atoms with Crippen LogP contribution in [0.1, 0.15) is 43.9 Å². The van der Waals surface area contributed by atoms with Crippen LogP contribution in [-0.4, -0.2) is 22.1 Å². The summed E-state index contributed by atoms with van der Waals surface area (Å²) < 4.78 is 5.92. The Morgan fingerprint density at radius 1 is 1.37 bits per heavy atom. The number of amidine groups is 1. The molecule has 1 aliphatic rings. The maximum absolute atomic E-state index is 8.72. The van der Waals surface area contributed by atoms with Crippen LogP contribution in [0.2, 0.25) is 0 Å². The highest BCUT2D eigenvalue weighted by Crippen LogP contribution is 2.27. The van der Waals surface area contributed by atoms with Gasteiger partial charge >= 0.3 is 0 Å². The first-order valence-electron chi connectivity index (χ1n) is 6.71. The lowest BCUT2D eigenvalue weighted by Crippen LogP contribution is -2.24. The Morgan fingerprint density at radius 3 is 2.68 bits per heavy atom. The standard InChI is InChI=1S/C14H21N3O2/c1-9-3-5-12(6-4-9)19-13-8-11(14(15)17-18)7-10(2)16-13/h7-9,12,18H,3-6H2,1-2H3,(H2,15,17). The van der Waals surface area contributed by atoms with Crippen molar-refractivity contribution in [1.29, 1.82) is 0 Å². The maximum atomic E-state index is 8.72. The van der Waals surface area contributed by atoms with E-state index in [4.69, 9.17) is 15.7 Å². The van der Waals surface area contributed by atoms with E-state index in [0.717, 1.165) is 24.5 Å². The molecule has 2 rings (SSSR count). The van der Waals surface area contributed by atoms with Crippen molar-refractivity contribution < 1.29 is 9.94 Å². The van der Waals surface area contributed by atoms with Gasteiger partial charge in [-0.15, -0.1) is 0 Å². The zero-order chi connectivity index (χ0) is 13.8. The molecule has 0 unspecified atom stereocenters. The molecule has 0 aromatic carbocycles. The maximum Gasteiger partial charge on any atom is 0.214 e. The van der Waals surface area contributed by atoms with Crippen LogP contribution in [0.25, 0.3) is 0 Å². The van der Waals surface area contributed by atoms with Crippen LogP contribution in [-0.2, 0) is 0 Å². The van der Waals surface area contributed by atoms with E-state index in [-0.39, 0.29) is 11.9 Å². The molecular weight excluding hydrogens is 242 g/mol. The molecule has 0 radical (unpaired) electrons. The Bertz CT molecular complexity index is 466. The topological polar surface area (TPSA) is 80.7 Å². The molecule has 0 spiro atoms. The van der Waals surface area contributed by atoms with Crippen LogP contribution in [0, 0.1) is 12.8 Å². The van der Waals surface area contributed by atoms with E-state index < -0.39 is 0 Å². The molecule has 5 heteroatoms. The van der Waals surface area contributed by atoms with Crippen molar-refractivity contribution in [2.24, 2.45) is 16.8 Å². The molecule has 3 N–H and O–H groups in total. The number of aryl methyl sites for hydroxylation is 1. The van der Waals surface area contributed by atoms with E-state index in [2.05, 4.69) is 17.1 Å². The van der Waals surface area contributed by atoms with Gasteiger partial charge in [0, 0.05) is 17.3 Å². The Morgan fingerprint density at radius 2 is 2.05 bits per heavy atom. The first-order chi connectivity index (χ1) is 9.08. The lowest BCUT2D eigenvalue weighted by molar-refractivity contribution is 0.130. The van der Waals surface area contributed by atoms with Crippen molar-refractivity contribution in [3.8, 4) is 5.88 Å². The second-order valence-corrected chi connectivity index (χ2v) is 5.32. The predicted molar refractivity (Wildman–Crippen MR) is 73.5 cm³/mol. The molecule has 1 saturated carbocycles. The van der Waals surface area contributed by atoms with Gasteiger partial charge in [-0.1, -0.05) is 12.1 Å². The molecule has 1 aromatic heterocycles. The van der Waals surface area contributed by atoms with E-state index in [1.165, 1.54) is 12.8 Å². The summed E-state index contributed by atoms with van der Waals surface area (Å²) in [6, 6.07) is 3.49. The summed E-state index contributed by atoms with van der Waals surface area (Å²) in [5.41, 5.74) is 7.03. The van der Waals surface area contributed by atoms with E-state index in [1.54, 1.807) is 12.1 Å². The lowest BCUT2D eigenvalue weighted by atomic mass is 9.89. The number of oxime groups is 1. The number of nitrogens with two attached hydrogens (primary N) is 1. The van der Waals surface area contributed by atoms with Gasteiger partial charge in [-0.25, -0.2) is 4.98 Å². The number of hydrogen-bond acceptors (Lipinski definition) is 4. The Kier molecular flexibility index (Phi) is 4.24. The van der Waals surface area contributed by atoms with E-state index in [0.29, 0.717) is 11.4 Å². The third-order valence-electron chi connectivity index (χ3n) is 3.58. The van der Waals surface area contributed by atoms with Crippen molar-refractivity contribution in [3.05, 3.63) is 23.4 Å². The Balaban J connectivity index is 2.10. The normalized spacial score (nSPS) is 24.2. The first kappa shape index (κ1) is 13.6. The lowest BCUT2D eigenvalue weighted by Gasteiger charge is -2.26. The molecule has 1 heterocycles. The smallest absolute Gasteiger partial charge is 0.214 e. The summed E-state index contributed by atoms with van der Waals surface area (Å²) >= 11 is 0. The molecule has 0 atom stereocenters. The van der Waals surface area contributed by atoms with Crippen LogP contribution in [0.15, 0.2) is 17.3 Å². The minimum absolute atomic E-state index is 0.0765. The number of nitrogens with zero attached hydrogens (tertiary/aromatic N) is 2. The minimum Gasteiger partial charge on any atom is -0.474 e. The third kappa shape index (κ3) is 3.59. The summed E-state index contributed by atoms with van der Waals surface area (Å²) in [5, 5.41) is 11.7. The molecule has 0 aliphatic heterocycles. The zero-order valence-corrected chi connectivity index (χ0v) is 11.5. The van der Waals surface area contributed by atoms with Gasteiger partial charge < -0.3 is 15.7 Å². The average molecular weight is 263 g/mol. The molecule has 1 fully saturated rings. The molecule has 104 valence electrons. The second kappa shape index (κ2) is 5.91. The summed E-state index contributed by atoms with van der Waals surface area (Å²) in [6.45, 7) is 4.14. The Labute approximate surface area is 113 Å². The molecular formula is C14H21N3O2. The van der Waals surface area contributed by atoms with Gasteiger partial charge in [-0.05, 0) is 44.6 Å². The van der Waals surface area contributed by atoms with Crippen molar-refractivity contribution in [2.75, 3.05) is 0 Å². The fraction of sp³-hybridized carbons (Fsp3) is 0.571. The van der Waals surface area contributed by atoms with E-state index >= 15 is 0 Å². The van der Waals surface area contributed by atoms with Gasteiger partial charge in [-0.3, -0.25) is 0 Å². The fourth-order valence-electron chi connectivity index (χ4n) is 2.42. The summed E-state index contributed by atoms with van der Waals surface area (Å²) in [4.78, 5) is 4.35. The van der Waals surface area contributed by atoms with Crippen molar-refractivity contribution in [3.63, 3.8) is 0 Å². The van der Waals surface area contributed by atoms with Crippen LogP contribution in [0.4, 0.5) is 0 Å². The number of pyridine rings is 1. The number of aromatic nitrogens is 1. The van der Waals surface area contributed by atoms with Crippen molar-refractivity contribution >= 4 is 5.84 Å². The zero-order valence-electron chi connectivity index (χ0n) is 11.5. The van der Waals surface area contributed by atoms with Gasteiger partial charge in [-0.2, -0.15) is 0 Å². The molecule has 0 saturated heterocycles. The summed E-state index contributed by atoms with van der Waals surface area (Å²) in [6.07, 6.45) is 4.75. The van der Waals surface area contributed by atoms with Crippen LogP contribution in [0.3, 0.4) is 0 Å². The van der Waals surface area contributed by atoms with Crippen LogP contribution in [0.5, 0.6) is 5.88 Å². The average Bonchev–Trinajstić information content (AvgIpc) is 2.40. The van der Waals surface area contributed by atoms with Crippen LogP contribution >= 0.6 is 0 Å². The molecule has 5 nitrogen and oxygen atoms in total. The SMILES string of the molecule is Cc1cc(/C(N)=N/O)cc(OC2CCC(C)CC2)n1.